The van der Waals surface area contributed by atoms with Crippen LogP contribution in [0.5, 0.6) is 11.5 Å². The van der Waals surface area contributed by atoms with E-state index >= 15 is 0 Å². The van der Waals surface area contributed by atoms with Crippen molar-refractivity contribution in [3.8, 4) is 11.5 Å². The molecule has 0 saturated heterocycles. The predicted molar refractivity (Wildman–Crippen MR) is 119 cm³/mol. The maximum absolute atomic E-state index is 12.9. The molecule has 1 aliphatic heterocycles. The number of rotatable bonds is 4. The number of carbonyl (C=O) groups is 1. The van der Waals surface area contributed by atoms with E-state index in [1.165, 1.54) is 0 Å². The largest absolute Gasteiger partial charge is 0.486 e. The molecule has 0 spiro atoms. The van der Waals surface area contributed by atoms with Crippen LogP contribution >= 0.6 is 0 Å². The van der Waals surface area contributed by atoms with Crippen LogP contribution in [0.25, 0.3) is 10.9 Å². The Kier molecular flexibility index (Phi) is 4.84. The maximum Gasteiger partial charge on any atom is 0.293 e. The van der Waals surface area contributed by atoms with Crippen LogP contribution in [0.1, 0.15) is 16.2 Å². The quantitative estimate of drug-likeness (QED) is 0.505. The minimum Gasteiger partial charge on any atom is -0.486 e. The second-order valence-electron chi connectivity index (χ2n) is 7.22. The smallest absolute Gasteiger partial charge is 0.293 e. The first-order valence-electron chi connectivity index (χ1n) is 9.97. The summed E-state index contributed by atoms with van der Waals surface area (Å²) in [5.41, 5.74) is 3.31. The summed E-state index contributed by atoms with van der Waals surface area (Å²) in [6, 6.07) is 20.8. The number of aryl methyl sites for hydroxylation is 1. The molecule has 31 heavy (non-hydrogen) atoms. The van der Waals surface area contributed by atoms with E-state index in [-0.39, 0.29) is 5.82 Å². The van der Waals surface area contributed by atoms with Crippen LogP contribution in [0, 0.1) is 6.92 Å². The standard InChI is InChI=1S/C24H20N4O3/c1-15-6-8-16(9-7-15)25-22-18-4-2-3-5-19(18)27-23(28-22)24(29)26-17-10-11-20-21(14-17)31-13-12-30-20/h2-11,14H,12-13H2,1H3,(H,26,29)(H,25,27,28). The number of amides is 1. The Morgan fingerprint density at radius 2 is 1.61 bits per heavy atom. The number of nitrogens with zero attached hydrogens (tertiary/aromatic N) is 2. The Labute approximate surface area is 179 Å². The number of para-hydroxylation sites is 1. The van der Waals surface area contributed by atoms with Crippen molar-refractivity contribution in [1.82, 2.24) is 9.97 Å². The molecule has 0 fully saturated rings. The molecule has 0 saturated carbocycles. The van der Waals surface area contributed by atoms with Gasteiger partial charge in [-0.15, -0.1) is 0 Å². The van der Waals surface area contributed by atoms with Gasteiger partial charge >= 0.3 is 0 Å². The zero-order valence-corrected chi connectivity index (χ0v) is 16.9. The van der Waals surface area contributed by atoms with Crippen LogP contribution in [-0.4, -0.2) is 29.1 Å². The first kappa shape index (κ1) is 18.9. The highest BCUT2D eigenvalue weighted by atomic mass is 16.6. The van der Waals surface area contributed by atoms with Crippen molar-refractivity contribution < 1.29 is 14.3 Å². The maximum atomic E-state index is 12.9. The number of fused-ring (bicyclic) bond motifs is 2. The second kappa shape index (κ2) is 7.95. The van der Waals surface area contributed by atoms with Gasteiger partial charge in [0.2, 0.25) is 5.82 Å². The molecule has 0 atom stereocenters. The fraction of sp³-hybridized carbons (Fsp3) is 0.125. The Bertz CT molecular complexity index is 1270. The summed E-state index contributed by atoms with van der Waals surface area (Å²) < 4.78 is 11.1. The van der Waals surface area contributed by atoms with Gasteiger partial charge in [0, 0.05) is 22.8 Å². The van der Waals surface area contributed by atoms with E-state index in [1.807, 2.05) is 55.5 Å². The SMILES string of the molecule is Cc1ccc(Nc2nc(C(=O)Nc3ccc4c(c3)OCCO4)nc3ccccc23)cc1. The van der Waals surface area contributed by atoms with Crippen molar-refractivity contribution >= 4 is 34.0 Å². The average Bonchev–Trinajstić information content (AvgIpc) is 2.80. The van der Waals surface area contributed by atoms with E-state index in [4.69, 9.17) is 9.47 Å². The summed E-state index contributed by atoms with van der Waals surface area (Å²) in [7, 11) is 0. The molecule has 2 heterocycles. The van der Waals surface area contributed by atoms with Crippen LogP contribution in [0.15, 0.2) is 66.7 Å². The molecule has 4 aromatic rings. The van der Waals surface area contributed by atoms with E-state index in [1.54, 1.807) is 18.2 Å². The Hall–Kier alpha value is -4.13. The van der Waals surface area contributed by atoms with E-state index in [0.29, 0.717) is 41.7 Å². The van der Waals surface area contributed by atoms with Crippen molar-refractivity contribution in [3.05, 3.63) is 78.1 Å². The Morgan fingerprint density at radius 1 is 0.871 bits per heavy atom. The molecular weight excluding hydrogens is 392 g/mol. The minimum atomic E-state index is -0.408. The van der Waals surface area contributed by atoms with Gasteiger partial charge in [-0.25, -0.2) is 9.97 Å². The predicted octanol–water partition coefficient (Wildman–Crippen LogP) is 4.71. The van der Waals surface area contributed by atoms with Crippen molar-refractivity contribution in [1.29, 1.82) is 0 Å². The summed E-state index contributed by atoms with van der Waals surface area (Å²) in [6.07, 6.45) is 0. The van der Waals surface area contributed by atoms with Crippen LogP contribution < -0.4 is 20.1 Å². The van der Waals surface area contributed by atoms with Crippen LogP contribution in [0.2, 0.25) is 0 Å². The molecule has 2 N–H and O–H groups in total. The minimum absolute atomic E-state index is 0.0724. The van der Waals surface area contributed by atoms with Gasteiger partial charge in [0.25, 0.3) is 5.91 Å². The van der Waals surface area contributed by atoms with Crippen molar-refractivity contribution in [3.63, 3.8) is 0 Å². The lowest BCUT2D eigenvalue weighted by Crippen LogP contribution is -2.18. The highest BCUT2D eigenvalue weighted by Crippen LogP contribution is 2.33. The normalized spacial score (nSPS) is 12.4. The van der Waals surface area contributed by atoms with Gasteiger partial charge in [-0.1, -0.05) is 29.8 Å². The van der Waals surface area contributed by atoms with E-state index < -0.39 is 5.91 Å². The molecule has 5 rings (SSSR count). The average molecular weight is 412 g/mol. The molecule has 0 unspecified atom stereocenters. The molecule has 0 radical (unpaired) electrons. The third-order valence-electron chi connectivity index (χ3n) is 4.92. The molecular formula is C24H20N4O3. The number of nitrogens with one attached hydrogen (secondary N) is 2. The topological polar surface area (TPSA) is 85.4 Å². The first-order chi connectivity index (χ1) is 15.2. The van der Waals surface area contributed by atoms with Crippen LogP contribution in [0.3, 0.4) is 0 Å². The lowest BCUT2D eigenvalue weighted by Gasteiger charge is -2.19. The van der Waals surface area contributed by atoms with E-state index in [0.717, 1.165) is 16.6 Å². The van der Waals surface area contributed by atoms with E-state index in [2.05, 4.69) is 20.6 Å². The van der Waals surface area contributed by atoms with Crippen LogP contribution in [-0.2, 0) is 0 Å². The Balaban J connectivity index is 1.46. The monoisotopic (exact) mass is 412 g/mol. The van der Waals surface area contributed by atoms with Gasteiger partial charge in [0.1, 0.15) is 19.0 Å². The molecule has 0 bridgehead atoms. The summed E-state index contributed by atoms with van der Waals surface area (Å²) in [5.74, 6) is 1.50. The number of hydrogen-bond acceptors (Lipinski definition) is 6. The number of ether oxygens (including phenoxy) is 2. The van der Waals surface area contributed by atoms with Crippen LogP contribution in [0.4, 0.5) is 17.2 Å². The number of hydrogen-bond donors (Lipinski definition) is 2. The lowest BCUT2D eigenvalue weighted by atomic mass is 10.2. The highest BCUT2D eigenvalue weighted by Gasteiger charge is 2.17. The van der Waals surface area contributed by atoms with Gasteiger partial charge in [-0.3, -0.25) is 4.79 Å². The summed E-state index contributed by atoms with van der Waals surface area (Å²) in [4.78, 5) is 21.9. The van der Waals surface area contributed by atoms with Gasteiger partial charge in [-0.05, 0) is 43.3 Å². The number of aromatic nitrogens is 2. The third-order valence-corrected chi connectivity index (χ3v) is 4.92. The van der Waals surface area contributed by atoms with Crippen molar-refractivity contribution in [2.45, 2.75) is 6.92 Å². The number of benzene rings is 3. The van der Waals surface area contributed by atoms with Gasteiger partial charge in [-0.2, -0.15) is 0 Å². The zero-order chi connectivity index (χ0) is 21.2. The number of carbonyl (C=O) groups excluding carboxylic acids is 1. The number of anilines is 3. The molecule has 3 aromatic carbocycles. The molecule has 0 aliphatic carbocycles. The van der Waals surface area contributed by atoms with Crippen molar-refractivity contribution in [2.24, 2.45) is 0 Å². The van der Waals surface area contributed by atoms with Gasteiger partial charge < -0.3 is 20.1 Å². The Morgan fingerprint density at radius 3 is 2.45 bits per heavy atom. The fourth-order valence-electron chi connectivity index (χ4n) is 3.36. The molecule has 154 valence electrons. The summed E-state index contributed by atoms with van der Waals surface area (Å²) in [5, 5.41) is 6.98. The first-order valence-corrected chi connectivity index (χ1v) is 9.97. The molecule has 1 aliphatic rings. The third kappa shape index (κ3) is 3.98. The van der Waals surface area contributed by atoms with E-state index in [9.17, 15) is 4.79 Å². The van der Waals surface area contributed by atoms with Gasteiger partial charge in [0.05, 0.1) is 5.52 Å². The van der Waals surface area contributed by atoms with Crippen molar-refractivity contribution in [2.75, 3.05) is 23.8 Å². The molecule has 7 heteroatoms. The second-order valence-corrected chi connectivity index (χ2v) is 7.22. The van der Waals surface area contributed by atoms with Gasteiger partial charge in [0.15, 0.2) is 11.5 Å². The zero-order valence-electron chi connectivity index (χ0n) is 16.9. The summed E-state index contributed by atoms with van der Waals surface area (Å²) in [6.45, 7) is 3.02. The molecule has 1 amide bonds. The highest BCUT2D eigenvalue weighted by molar-refractivity contribution is 6.04. The fourth-order valence-corrected chi connectivity index (χ4v) is 3.36. The molecule has 1 aromatic heterocycles. The molecule has 7 nitrogen and oxygen atoms in total. The summed E-state index contributed by atoms with van der Waals surface area (Å²) >= 11 is 0. The lowest BCUT2D eigenvalue weighted by molar-refractivity contribution is 0.101.